The number of aromatic nitrogens is 2. The second-order valence-corrected chi connectivity index (χ2v) is 5.38. The Hall–Kier alpha value is -3.08. The van der Waals surface area contributed by atoms with Gasteiger partial charge in [-0.3, -0.25) is 4.68 Å². The summed E-state index contributed by atoms with van der Waals surface area (Å²) in [5.41, 5.74) is 2.94. The Morgan fingerprint density at radius 1 is 1.17 bits per heavy atom. The molecule has 1 aromatic heterocycles. The Labute approximate surface area is 140 Å². The van der Waals surface area contributed by atoms with Crippen LogP contribution in [0.25, 0.3) is 11.1 Å². The van der Waals surface area contributed by atoms with Crippen LogP contribution in [-0.2, 0) is 13.2 Å². The number of rotatable bonds is 6. The van der Waals surface area contributed by atoms with Crippen molar-refractivity contribution < 1.29 is 14.6 Å². The van der Waals surface area contributed by atoms with Crippen molar-refractivity contribution in [1.29, 1.82) is 0 Å². The third-order valence-corrected chi connectivity index (χ3v) is 3.74. The Morgan fingerprint density at radius 2 is 1.96 bits per heavy atom. The van der Waals surface area contributed by atoms with Crippen LogP contribution < -0.4 is 4.74 Å². The summed E-state index contributed by atoms with van der Waals surface area (Å²) in [7, 11) is 0. The largest absolute Gasteiger partial charge is 0.488 e. The average molecular weight is 322 g/mol. The van der Waals surface area contributed by atoms with E-state index in [1.165, 1.54) is 0 Å². The molecule has 3 aromatic rings. The summed E-state index contributed by atoms with van der Waals surface area (Å²) in [6, 6.07) is 14.8. The molecule has 0 bridgehead atoms. The third-order valence-electron chi connectivity index (χ3n) is 3.74. The summed E-state index contributed by atoms with van der Waals surface area (Å²) in [6.07, 6.45) is 3.69. The van der Waals surface area contributed by atoms with E-state index in [0.717, 1.165) is 23.2 Å². The lowest BCUT2D eigenvalue weighted by molar-refractivity contribution is 0.0692. The fourth-order valence-electron chi connectivity index (χ4n) is 2.42. The molecule has 0 atom stereocenters. The van der Waals surface area contributed by atoms with E-state index < -0.39 is 5.97 Å². The number of carbonyl (C=O) groups is 1. The quantitative estimate of drug-likeness (QED) is 0.749. The minimum absolute atomic E-state index is 0.151. The summed E-state index contributed by atoms with van der Waals surface area (Å²) >= 11 is 0. The van der Waals surface area contributed by atoms with Gasteiger partial charge in [-0.05, 0) is 30.2 Å². The lowest BCUT2D eigenvalue weighted by atomic mass is 10.1. The van der Waals surface area contributed by atoms with Gasteiger partial charge in [0.1, 0.15) is 17.9 Å². The molecule has 0 aliphatic rings. The van der Waals surface area contributed by atoms with E-state index in [1.807, 2.05) is 48.1 Å². The highest BCUT2D eigenvalue weighted by atomic mass is 16.5. The van der Waals surface area contributed by atoms with Crippen molar-refractivity contribution in [1.82, 2.24) is 9.78 Å². The van der Waals surface area contributed by atoms with Crippen molar-refractivity contribution in [3.05, 3.63) is 72.1 Å². The van der Waals surface area contributed by atoms with Crippen LogP contribution in [0.1, 0.15) is 22.8 Å². The Kier molecular flexibility index (Phi) is 4.61. The van der Waals surface area contributed by atoms with Crippen molar-refractivity contribution >= 4 is 5.97 Å². The maximum atomic E-state index is 11.4. The normalized spacial score (nSPS) is 10.5. The Morgan fingerprint density at radius 3 is 2.62 bits per heavy atom. The standard InChI is InChI=1S/C19H18N2O3/c1-2-21-12-16(11-20-21)15-8-9-17(19(22)23)18(10-15)24-13-14-6-4-3-5-7-14/h3-12H,2,13H2,1H3,(H,22,23). The first-order valence-corrected chi connectivity index (χ1v) is 7.74. The lowest BCUT2D eigenvalue weighted by Gasteiger charge is -2.11. The summed E-state index contributed by atoms with van der Waals surface area (Å²) in [6.45, 7) is 3.11. The van der Waals surface area contributed by atoms with E-state index in [4.69, 9.17) is 4.74 Å². The molecule has 3 rings (SSSR count). The third kappa shape index (κ3) is 3.46. The monoisotopic (exact) mass is 322 g/mol. The van der Waals surface area contributed by atoms with Gasteiger partial charge in [-0.2, -0.15) is 5.10 Å². The molecule has 0 saturated carbocycles. The first kappa shape index (κ1) is 15.8. The van der Waals surface area contributed by atoms with Crippen molar-refractivity contribution in [2.45, 2.75) is 20.1 Å². The molecule has 0 saturated heterocycles. The number of aromatic carboxylic acids is 1. The molecule has 0 amide bonds. The number of nitrogens with zero attached hydrogens (tertiary/aromatic N) is 2. The van der Waals surface area contributed by atoms with Gasteiger partial charge in [-0.25, -0.2) is 4.79 Å². The molecule has 122 valence electrons. The number of aryl methyl sites for hydroxylation is 1. The average Bonchev–Trinajstić information content (AvgIpc) is 3.09. The van der Waals surface area contributed by atoms with Gasteiger partial charge in [0.05, 0.1) is 6.20 Å². The number of carboxylic acid groups (broad SMARTS) is 1. The SMILES string of the molecule is CCn1cc(-c2ccc(C(=O)O)c(OCc3ccccc3)c2)cn1. The fourth-order valence-corrected chi connectivity index (χ4v) is 2.42. The van der Waals surface area contributed by atoms with Gasteiger partial charge in [0.25, 0.3) is 0 Å². The van der Waals surface area contributed by atoms with E-state index in [0.29, 0.717) is 12.4 Å². The van der Waals surface area contributed by atoms with Gasteiger partial charge in [0.15, 0.2) is 0 Å². The summed E-state index contributed by atoms with van der Waals surface area (Å²) in [4.78, 5) is 11.4. The van der Waals surface area contributed by atoms with Gasteiger partial charge < -0.3 is 9.84 Å². The predicted molar refractivity (Wildman–Crippen MR) is 91.1 cm³/mol. The second-order valence-electron chi connectivity index (χ2n) is 5.38. The summed E-state index contributed by atoms with van der Waals surface area (Å²) < 4.78 is 7.60. The van der Waals surface area contributed by atoms with Crippen LogP contribution in [0.5, 0.6) is 5.75 Å². The van der Waals surface area contributed by atoms with Gasteiger partial charge >= 0.3 is 5.97 Å². The number of ether oxygens (including phenoxy) is 1. The van der Waals surface area contributed by atoms with Crippen LogP contribution in [0.2, 0.25) is 0 Å². The van der Waals surface area contributed by atoms with E-state index in [9.17, 15) is 9.90 Å². The molecule has 0 radical (unpaired) electrons. The molecule has 5 heteroatoms. The molecular weight excluding hydrogens is 304 g/mol. The minimum Gasteiger partial charge on any atom is -0.488 e. The van der Waals surface area contributed by atoms with Crippen molar-refractivity contribution in [2.75, 3.05) is 0 Å². The van der Waals surface area contributed by atoms with Crippen LogP contribution in [0.15, 0.2) is 60.9 Å². The molecule has 0 aliphatic carbocycles. The van der Waals surface area contributed by atoms with Crippen molar-refractivity contribution in [3.63, 3.8) is 0 Å². The molecule has 5 nitrogen and oxygen atoms in total. The van der Waals surface area contributed by atoms with E-state index >= 15 is 0 Å². The van der Waals surface area contributed by atoms with Crippen LogP contribution in [-0.4, -0.2) is 20.9 Å². The first-order valence-electron chi connectivity index (χ1n) is 7.74. The molecule has 0 spiro atoms. The zero-order chi connectivity index (χ0) is 16.9. The van der Waals surface area contributed by atoms with Crippen molar-refractivity contribution in [2.24, 2.45) is 0 Å². The van der Waals surface area contributed by atoms with E-state index in [-0.39, 0.29) is 5.56 Å². The summed E-state index contributed by atoms with van der Waals surface area (Å²) in [5.74, 6) is -0.651. The van der Waals surface area contributed by atoms with Gasteiger partial charge in [0.2, 0.25) is 0 Å². The molecule has 0 unspecified atom stereocenters. The fraction of sp³-hybridized carbons (Fsp3) is 0.158. The first-order chi connectivity index (χ1) is 11.7. The van der Waals surface area contributed by atoms with Crippen molar-refractivity contribution in [3.8, 4) is 16.9 Å². The second kappa shape index (κ2) is 7.00. The molecule has 2 aromatic carbocycles. The van der Waals surface area contributed by atoms with Crippen LogP contribution in [0, 0.1) is 0 Å². The van der Waals surface area contributed by atoms with Crippen LogP contribution >= 0.6 is 0 Å². The number of hydrogen-bond acceptors (Lipinski definition) is 3. The van der Waals surface area contributed by atoms with Gasteiger partial charge in [-0.1, -0.05) is 36.4 Å². The topological polar surface area (TPSA) is 64.4 Å². The molecule has 1 heterocycles. The maximum Gasteiger partial charge on any atom is 0.339 e. The maximum absolute atomic E-state index is 11.4. The molecule has 1 N–H and O–H groups in total. The number of hydrogen-bond donors (Lipinski definition) is 1. The van der Waals surface area contributed by atoms with Crippen LogP contribution in [0.4, 0.5) is 0 Å². The molecule has 0 aliphatic heterocycles. The highest BCUT2D eigenvalue weighted by Gasteiger charge is 2.14. The molecular formula is C19H18N2O3. The molecule has 0 fully saturated rings. The lowest BCUT2D eigenvalue weighted by Crippen LogP contribution is -2.03. The smallest absolute Gasteiger partial charge is 0.339 e. The molecule has 24 heavy (non-hydrogen) atoms. The van der Waals surface area contributed by atoms with Gasteiger partial charge in [0, 0.05) is 18.3 Å². The van der Waals surface area contributed by atoms with E-state index in [2.05, 4.69) is 5.10 Å². The van der Waals surface area contributed by atoms with Gasteiger partial charge in [-0.15, -0.1) is 0 Å². The Bertz CT molecular complexity index is 841. The van der Waals surface area contributed by atoms with Crippen LogP contribution in [0.3, 0.4) is 0 Å². The number of benzene rings is 2. The van der Waals surface area contributed by atoms with E-state index in [1.54, 1.807) is 24.4 Å². The highest BCUT2D eigenvalue weighted by Crippen LogP contribution is 2.28. The predicted octanol–water partition coefficient (Wildman–Crippen LogP) is 3.85. The zero-order valence-electron chi connectivity index (χ0n) is 13.3. The zero-order valence-corrected chi connectivity index (χ0v) is 13.3. The number of carboxylic acids is 1. The summed E-state index contributed by atoms with van der Waals surface area (Å²) in [5, 5.41) is 13.6. The minimum atomic E-state index is -1.01. The highest BCUT2D eigenvalue weighted by molar-refractivity contribution is 5.92. The Balaban J connectivity index is 1.89.